The average Bonchev–Trinajstić information content (AvgIpc) is 2.54. The third-order valence-electron chi connectivity index (χ3n) is 5.13. The Morgan fingerprint density at radius 1 is 1.04 bits per heavy atom. The van der Waals surface area contributed by atoms with Crippen LogP contribution in [0.15, 0.2) is 0 Å². The van der Waals surface area contributed by atoms with E-state index in [0.717, 1.165) is 25.7 Å². The highest BCUT2D eigenvalue weighted by atomic mass is 32.2. The molecule has 1 amide bonds. The molecule has 1 aliphatic heterocycles. The van der Waals surface area contributed by atoms with Crippen LogP contribution >= 0.6 is 0 Å². The summed E-state index contributed by atoms with van der Waals surface area (Å²) in [7, 11) is 1.41. The average molecular weight is 347 g/mol. The quantitative estimate of drug-likeness (QED) is 0.791. The maximum atomic E-state index is 12.7. The van der Waals surface area contributed by atoms with Crippen LogP contribution in [-0.4, -0.2) is 79.3 Å². The Kier molecular flexibility index (Phi) is 6.05. The summed E-state index contributed by atoms with van der Waals surface area (Å²) in [5, 5.41) is 10.1. The van der Waals surface area contributed by atoms with Gasteiger partial charge in [0.05, 0.1) is 12.1 Å². The Bertz CT molecular complexity index is 515. The van der Waals surface area contributed by atoms with Gasteiger partial charge in [-0.2, -0.15) is 17.0 Å². The molecule has 0 aromatic carbocycles. The number of aliphatic hydroxyl groups excluding tert-OH is 1. The van der Waals surface area contributed by atoms with E-state index >= 15 is 0 Å². The van der Waals surface area contributed by atoms with Crippen LogP contribution in [0, 0.1) is 5.92 Å². The van der Waals surface area contributed by atoms with Crippen LogP contribution in [0.1, 0.15) is 38.5 Å². The number of piperidine rings is 1. The largest absolute Gasteiger partial charge is 0.391 e. The highest BCUT2D eigenvalue weighted by molar-refractivity contribution is 7.86. The lowest BCUT2D eigenvalue weighted by atomic mass is 9.89. The summed E-state index contributed by atoms with van der Waals surface area (Å²) in [6.07, 6.45) is 4.29. The molecule has 134 valence electrons. The van der Waals surface area contributed by atoms with E-state index in [2.05, 4.69) is 0 Å². The van der Waals surface area contributed by atoms with E-state index in [4.69, 9.17) is 0 Å². The highest BCUT2D eigenvalue weighted by Crippen LogP contribution is 2.27. The highest BCUT2D eigenvalue weighted by Gasteiger charge is 2.36. The van der Waals surface area contributed by atoms with Gasteiger partial charge in [-0.3, -0.25) is 4.79 Å². The van der Waals surface area contributed by atoms with Crippen molar-refractivity contribution in [3.8, 4) is 0 Å². The van der Waals surface area contributed by atoms with Crippen LogP contribution in [0.2, 0.25) is 0 Å². The molecule has 1 heterocycles. The van der Waals surface area contributed by atoms with Gasteiger partial charge in [0.25, 0.3) is 10.2 Å². The fourth-order valence-electron chi connectivity index (χ4n) is 3.56. The van der Waals surface area contributed by atoms with E-state index in [1.807, 2.05) is 0 Å². The van der Waals surface area contributed by atoms with Crippen molar-refractivity contribution in [2.24, 2.45) is 5.92 Å². The lowest BCUT2D eigenvalue weighted by Crippen LogP contribution is -2.51. The summed E-state index contributed by atoms with van der Waals surface area (Å²) in [6, 6.07) is -0.0974. The van der Waals surface area contributed by atoms with Crippen LogP contribution < -0.4 is 0 Å². The van der Waals surface area contributed by atoms with Crippen molar-refractivity contribution in [2.75, 3.05) is 34.2 Å². The fourth-order valence-corrected chi connectivity index (χ4v) is 4.69. The van der Waals surface area contributed by atoms with E-state index in [1.54, 1.807) is 11.9 Å². The number of carbonyl (C=O) groups excluding carboxylic acids is 1. The molecular formula is C15H29N3O4S. The maximum absolute atomic E-state index is 12.7. The summed E-state index contributed by atoms with van der Waals surface area (Å²) in [5.74, 6) is -0.111. The van der Waals surface area contributed by atoms with Crippen molar-refractivity contribution in [3.63, 3.8) is 0 Å². The molecule has 1 N–H and O–H groups in total. The Hall–Kier alpha value is -0.700. The van der Waals surface area contributed by atoms with Gasteiger partial charge < -0.3 is 10.0 Å². The number of nitrogens with zero attached hydrogens (tertiary/aromatic N) is 3. The second kappa shape index (κ2) is 7.46. The van der Waals surface area contributed by atoms with Crippen molar-refractivity contribution in [3.05, 3.63) is 0 Å². The van der Waals surface area contributed by atoms with E-state index < -0.39 is 16.3 Å². The molecule has 0 aromatic rings. The van der Waals surface area contributed by atoms with E-state index in [-0.39, 0.29) is 17.9 Å². The first-order chi connectivity index (χ1) is 10.7. The standard InChI is InChI=1S/C15H29N3O4S/c1-16(2)23(21,22)18-10-8-12(9-11-18)15(20)17(3)13-6-4-5-7-14(13)19/h12-14,19H,4-11H2,1-3H3/t13-,14+/m0/s1. The molecule has 2 rings (SSSR count). The molecule has 2 fully saturated rings. The molecular weight excluding hydrogens is 318 g/mol. The summed E-state index contributed by atoms with van der Waals surface area (Å²) >= 11 is 0. The van der Waals surface area contributed by atoms with Crippen molar-refractivity contribution < 1.29 is 18.3 Å². The van der Waals surface area contributed by atoms with Gasteiger partial charge >= 0.3 is 0 Å². The van der Waals surface area contributed by atoms with Crippen molar-refractivity contribution in [1.29, 1.82) is 0 Å². The second-order valence-corrected chi connectivity index (χ2v) is 8.97. The zero-order valence-corrected chi connectivity index (χ0v) is 15.1. The number of aliphatic hydroxyl groups is 1. The zero-order valence-electron chi connectivity index (χ0n) is 14.3. The molecule has 2 aliphatic rings. The Labute approximate surface area is 139 Å². The zero-order chi connectivity index (χ0) is 17.2. The molecule has 0 spiro atoms. The van der Waals surface area contributed by atoms with Crippen molar-refractivity contribution in [1.82, 2.24) is 13.5 Å². The first kappa shape index (κ1) is 18.6. The molecule has 1 aliphatic carbocycles. The monoisotopic (exact) mass is 347 g/mol. The number of hydrogen-bond acceptors (Lipinski definition) is 4. The van der Waals surface area contributed by atoms with Crippen molar-refractivity contribution in [2.45, 2.75) is 50.7 Å². The fraction of sp³-hybridized carbons (Fsp3) is 0.933. The lowest BCUT2D eigenvalue weighted by Gasteiger charge is -2.39. The molecule has 23 heavy (non-hydrogen) atoms. The van der Waals surface area contributed by atoms with Crippen LogP contribution in [0.25, 0.3) is 0 Å². The van der Waals surface area contributed by atoms with E-state index in [1.165, 1.54) is 22.7 Å². The maximum Gasteiger partial charge on any atom is 0.281 e. The number of likely N-dealkylation sites (N-methyl/N-ethyl adjacent to an activating group) is 1. The Morgan fingerprint density at radius 2 is 1.61 bits per heavy atom. The molecule has 1 saturated carbocycles. The summed E-state index contributed by atoms with van der Waals surface area (Å²) in [6.45, 7) is 0.746. The van der Waals surface area contributed by atoms with Crippen LogP contribution in [0.3, 0.4) is 0 Å². The van der Waals surface area contributed by atoms with Gasteiger partial charge in [0.1, 0.15) is 0 Å². The van der Waals surface area contributed by atoms with Gasteiger partial charge in [-0.25, -0.2) is 0 Å². The summed E-state index contributed by atoms with van der Waals surface area (Å²) in [5.41, 5.74) is 0. The molecule has 0 radical (unpaired) electrons. The number of carbonyl (C=O) groups is 1. The molecule has 0 bridgehead atoms. The second-order valence-electron chi connectivity index (χ2n) is 6.83. The van der Waals surface area contributed by atoms with Crippen LogP contribution in [-0.2, 0) is 15.0 Å². The molecule has 7 nitrogen and oxygen atoms in total. The van der Waals surface area contributed by atoms with E-state index in [0.29, 0.717) is 25.9 Å². The molecule has 2 atom stereocenters. The molecule has 0 unspecified atom stereocenters. The molecule has 8 heteroatoms. The van der Waals surface area contributed by atoms with Crippen molar-refractivity contribution >= 4 is 16.1 Å². The third-order valence-corrected chi connectivity index (χ3v) is 7.07. The van der Waals surface area contributed by atoms with Gasteiger partial charge in [-0.05, 0) is 25.7 Å². The number of hydrogen-bond donors (Lipinski definition) is 1. The van der Waals surface area contributed by atoms with Gasteiger partial charge in [0, 0.05) is 40.2 Å². The minimum atomic E-state index is -3.40. The van der Waals surface area contributed by atoms with Crippen LogP contribution in [0.4, 0.5) is 0 Å². The summed E-state index contributed by atoms with van der Waals surface area (Å²) in [4.78, 5) is 14.4. The normalized spacial score (nSPS) is 28.0. The number of amides is 1. The van der Waals surface area contributed by atoms with Gasteiger partial charge in [-0.1, -0.05) is 12.8 Å². The molecule has 0 aromatic heterocycles. The minimum Gasteiger partial charge on any atom is -0.391 e. The lowest BCUT2D eigenvalue weighted by molar-refractivity contribution is -0.141. The predicted octanol–water partition coefficient (Wildman–Crippen LogP) is 0.267. The van der Waals surface area contributed by atoms with Gasteiger partial charge in [0.15, 0.2) is 0 Å². The minimum absolute atomic E-state index is 0.0397. The smallest absolute Gasteiger partial charge is 0.281 e. The predicted molar refractivity (Wildman–Crippen MR) is 87.9 cm³/mol. The summed E-state index contributed by atoms with van der Waals surface area (Å²) < 4.78 is 26.9. The first-order valence-electron chi connectivity index (χ1n) is 8.37. The van der Waals surface area contributed by atoms with E-state index in [9.17, 15) is 18.3 Å². The number of rotatable bonds is 4. The van der Waals surface area contributed by atoms with Crippen LogP contribution in [0.5, 0.6) is 0 Å². The topological polar surface area (TPSA) is 81.2 Å². The van der Waals surface area contributed by atoms with Gasteiger partial charge in [0.2, 0.25) is 5.91 Å². The molecule has 1 saturated heterocycles. The Morgan fingerprint density at radius 3 is 2.13 bits per heavy atom. The van der Waals surface area contributed by atoms with Gasteiger partial charge in [-0.15, -0.1) is 0 Å². The third kappa shape index (κ3) is 4.04. The SMILES string of the molecule is CN(C(=O)C1CCN(S(=O)(=O)N(C)C)CC1)[C@H]1CCCC[C@H]1O. The first-order valence-corrected chi connectivity index (χ1v) is 9.77. The Balaban J connectivity index is 1.93.